The van der Waals surface area contributed by atoms with Crippen LogP contribution in [-0.4, -0.2) is 28.9 Å². The highest BCUT2D eigenvalue weighted by atomic mass is 32.2. The molecule has 3 aromatic heterocycles. The molecule has 2 aliphatic rings. The van der Waals surface area contributed by atoms with Crippen LogP contribution in [0.25, 0.3) is 16.9 Å². The van der Waals surface area contributed by atoms with Gasteiger partial charge >= 0.3 is 0 Å². The van der Waals surface area contributed by atoms with Gasteiger partial charge in [0.15, 0.2) is 5.65 Å². The van der Waals surface area contributed by atoms with E-state index >= 15 is 0 Å². The van der Waals surface area contributed by atoms with E-state index in [-0.39, 0.29) is 0 Å². The van der Waals surface area contributed by atoms with Gasteiger partial charge in [0.1, 0.15) is 11.5 Å². The maximum atomic E-state index is 5.66. The summed E-state index contributed by atoms with van der Waals surface area (Å²) in [6.45, 7) is 0. The second-order valence-corrected chi connectivity index (χ2v) is 6.41. The zero-order valence-electron chi connectivity index (χ0n) is 13.4. The molecule has 5 heterocycles. The Balaban J connectivity index is 1.50. The number of nitrogen functional groups attached to an aromatic ring is 1. The number of aromatic nitrogens is 5. The van der Waals surface area contributed by atoms with E-state index in [1.54, 1.807) is 29.2 Å². The molecule has 9 nitrogen and oxygen atoms in total. The van der Waals surface area contributed by atoms with Gasteiger partial charge in [-0.2, -0.15) is 4.98 Å². The molecule has 0 saturated heterocycles. The van der Waals surface area contributed by atoms with E-state index in [2.05, 4.69) is 30.1 Å². The van der Waals surface area contributed by atoms with Gasteiger partial charge in [-0.25, -0.2) is 9.50 Å². The molecule has 4 N–H and O–H groups in total. The highest BCUT2D eigenvalue weighted by Crippen LogP contribution is 2.28. The summed E-state index contributed by atoms with van der Waals surface area (Å²) in [6.07, 6.45) is 13.0. The number of rotatable bonds is 3. The maximum Gasteiger partial charge on any atom is 0.247 e. The predicted octanol–water partition coefficient (Wildman–Crippen LogP) is 1.90. The van der Waals surface area contributed by atoms with Crippen LogP contribution >= 0.6 is 12.1 Å². The molecule has 26 heavy (non-hydrogen) atoms. The summed E-state index contributed by atoms with van der Waals surface area (Å²) in [7, 11) is 0. The Kier molecular flexibility index (Phi) is 3.28. The van der Waals surface area contributed by atoms with Crippen LogP contribution in [0.15, 0.2) is 66.7 Å². The average molecular weight is 363 g/mol. The first-order valence-corrected chi connectivity index (χ1v) is 8.56. The fraction of sp³-hybridized carbons (Fsp3) is 0. The second-order valence-electron chi connectivity index (χ2n) is 5.60. The number of nitrogens with one attached hydrogen (secondary N) is 2. The molecule has 0 bridgehead atoms. The van der Waals surface area contributed by atoms with Crippen molar-refractivity contribution >= 4 is 29.5 Å². The third kappa shape index (κ3) is 2.52. The van der Waals surface area contributed by atoms with Gasteiger partial charge in [0.2, 0.25) is 5.95 Å². The Bertz CT molecular complexity index is 1080. The summed E-state index contributed by atoms with van der Waals surface area (Å²) in [5.74, 6) is 0.953. The zero-order chi connectivity index (χ0) is 17.5. The van der Waals surface area contributed by atoms with Crippen molar-refractivity contribution < 1.29 is 0 Å². The van der Waals surface area contributed by atoms with Gasteiger partial charge in [0, 0.05) is 42.3 Å². The molecule has 3 aromatic rings. The number of hydrogen-bond acceptors (Lipinski definition) is 9. The molecule has 0 atom stereocenters. The number of pyridine rings is 1. The molecular weight excluding hydrogens is 350 g/mol. The smallest absolute Gasteiger partial charge is 0.247 e. The van der Waals surface area contributed by atoms with Crippen LogP contribution in [0.1, 0.15) is 0 Å². The first-order valence-electron chi connectivity index (χ1n) is 7.78. The number of anilines is 2. The fourth-order valence-electron chi connectivity index (χ4n) is 2.66. The van der Waals surface area contributed by atoms with Crippen LogP contribution in [0.2, 0.25) is 0 Å². The maximum absolute atomic E-state index is 5.66. The Morgan fingerprint density at radius 3 is 3.08 bits per heavy atom. The zero-order valence-corrected chi connectivity index (χ0v) is 14.2. The van der Waals surface area contributed by atoms with E-state index in [4.69, 9.17) is 5.73 Å². The molecule has 0 fully saturated rings. The van der Waals surface area contributed by atoms with Gasteiger partial charge < -0.3 is 15.8 Å². The lowest BCUT2D eigenvalue weighted by Crippen LogP contribution is -2.10. The molecule has 0 saturated carbocycles. The Hall–Kier alpha value is -3.53. The van der Waals surface area contributed by atoms with Crippen LogP contribution < -0.4 is 15.8 Å². The molecule has 0 aliphatic carbocycles. The quantitative estimate of drug-likeness (QED) is 0.601. The number of allylic oxidation sites excluding steroid dienone is 2. The van der Waals surface area contributed by atoms with E-state index in [1.807, 2.05) is 34.9 Å². The van der Waals surface area contributed by atoms with E-state index in [9.17, 15) is 0 Å². The summed E-state index contributed by atoms with van der Waals surface area (Å²) >= 11 is 1.51. The van der Waals surface area contributed by atoms with Crippen LogP contribution in [0, 0.1) is 0 Å². The van der Waals surface area contributed by atoms with Gasteiger partial charge in [-0.05, 0) is 24.3 Å². The predicted molar refractivity (Wildman–Crippen MR) is 99.9 cm³/mol. The largest absolute Gasteiger partial charge is 0.384 e. The van der Waals surface area contributed by atoms with Crippen LogP contribution in [-0.2, 0) is 0 Å². The second kappa shape index (κ2) is 5.77. The van der Waals surface area contributed by atoms with Crippen LogP contribution in [0.5, 0.6) is 0 Å². The number of nitrogens with zero attached hydrogens (tertiary/aromatic N) is 6. The van der Waals surface area contributed by atoms with Crippen molar-refractivity contribution in [2.24, 2.45) is 0 Å². The molecule has 0 unspecified atom stereocenters. The average Bonchev–Trinajstić information content (AvgIpc) is 3.28. The third-order valence-corrected chi connectivity index (χ3v) is 4.63. The Morgan fingerprint density at radius 1 is 1.23 bits per heavy atom. The Morgan fingerprint density at radius 2 is 2.19 bits per heavy atom. The molecule has 2 aliphatic heterocycles. The van der Waals surface area contributed by atoms with Crippen molar-refractivity contribution in [2.45, 2.75) is 0 Å². The van der Waals surface area contributed by atoms with E-state index < -0.39 is 0 Å². The lowest BCUT2D eigenvalue weighted by atomic mass is 10.2. The molecule has 128 valence electrons. The normalized spacial score (nSPS) is 15.5. The highest BCUT2D eigenvalue weighted by molar-refractivity contribution is 7.95. The molecule has 10 heteroatoms. The van der Waals surface area contributed by atoms with Gasteiger partial charge in [-0.15, -0.1) is 5.10 Å². The van der Waals surface area contributed by atoms with Crippen molar-refractivity contribution in [3.8, 4) is 11.3 Å². The van der Waals surface area contributed by atoms with E-state index in [0.29, 0.717) is 23.1 Å². The minimum absolute atomic E-state index is 0.462. The van der Waals surface area contributed by atoms with Gasteiger partial charge in [0.05, 0.1) is 17.8 Å². The third-order valence-electron chi connectivity index (χ3n) is 3.88. The molecule has 0 radical (unpaired) electrons. The monoisotopic (exact) mass is 363 g/mol. The first kappa shape index (κ1) is 14.8. The molecule has 0 spiro atoms. The van der Waals surface area contributed by atoms with Crippen LogP contribution in [0.3, 0.4) is 0 Å². The Labute approximate surface area is 152 Å². The molecule has 0 aromatic carbocycles. The molecule has 0 amide bonds. The SMILES string of the molecule is Nc1ccc(-c2nccn3nc(NC4=CC5=CNSN5C=C4)nc23)cn1. The lowest BCUT2D eigenvalue weighted by Gasteiger charge is -2.17. The summed E-state index contributed by atoms with van der Waals surface area (Å²) in [5.41, 5.74) is 9.78. The van der Waals surface area contributed by atoms with Gasteiger partial charge in [-0.3, -0.25) is 9.29 Å². The number of nitrogens with two attached hydrogens (primary N) is 1. The van der Waals surface area contributed by atoms with Gasteiger partial charge in [-0.1, -0.05) is 0 Å². The number of fused-ring (bicyclic) bond motifs is 2. The van der Waals surface area contributed by atoms with E-state index in [0.717, 1.165) is 17.0 Å². The lowest BCUT2D eigenvalue weighted by molar-refractivity contribution is 0.801. The topological polar surface area (TPSA) is 109 Å². The van der Waals surface area contributed by atoms with Crippen molar-refractivity contribution in [3.63, 3.8) is 0 Å². The number of hydrogen-bond donors (Lipinski definition) is 3. The van der Waals surface area contributed by atoms with E-state index in [1.165, 1.54) is 12.1 Å². The van der Waals surface area contributed by atoms with Crippen LogP contribution in [0.4, 0.5) is 11.8 Å². The first-order chi connectivity index (χ1) is 12.8. The fourth-order valence-corrected chi connectivity index (χ4v) is 3.28. The highest BCUT2D eigenvalue weighted by Gasteiger charge is 2.17. The summed E-state index contributed by atoms with van der Waals surface area (Å²) in [6, 6.07) is 3.60. The van der Waals surface area contributed by atoms with Crippen molar-refractivity contribution in [1.29, 1.82) is 0 Å². The van der Waals surface area contributed by atoms with Crippen molar-refractivity contribution in [1.82, 2.24) is 33.6 Å². The van der Waals surface area contributed by atoms with Crippen molar-refractivity contribution in [3.05, 3.63) is 66.7 Å². The van der Waals surface area contributed by atoms with Crippen molar-refractivity contribution in [2.75, 3.05) is 11.1 Å². The summed E-state index contributed by atoms with van der Waals surface area (Å²) < 4.78 is 6.81. The summed E-state index contributed by atoms with van der Waals surface area (Å²) in [4.78, 5) is 13.1. The minimum Gasteiger partial charge on any atom is -0.384 e. The minimum atomic E-state index is 0.462. The molecule has 5 rings (SSSR count). The molecular formula is C16H13N9S. The van der Waals surface area contributed by atoms with Gasteiger partial charge in [0.25, 0.3) is 0 Å². The summed E-state index contributed by atoms with van der Waals surface area (Å²) in [5, 5.41) is 7.71. The standard InChI is InChI=1S/C16H13N9S/c17-13-2-1-10(8-19-13)14-15-22-16(23-24(15)6-4-18-14)21-11-3-5-25-12(7-11)9-20-26-25/h1-9,20H,(H2,17,19)(H,21,23).